The van der Waals surface area contributed by atoms with Gasteiger partial charge in [0.1, 0.15) is 5.15 Å². The zero-order chi connectivity index (χ0) is 16.2. The van der Waals surface area contributed by atoms with Crippen LogP contribution in [0.3, 0.4) is 0 Å². The van der Waals surface area contributed by atoms with Crippen LogP contribution in [0.1, 0.15) is 43.5 Å². The van der Waals surface area contributed by atoms with Crippen molar-refractivity contribution in [2.24, 2.45) is 0 Å². The maximum absolute atomic E-state index is 10.5. The number of hydrogen-bond donors (Lipinski definition) is 2. The molecule has 0 saturated heterocycles. The Morgan fingerprint density at radius 2 is 2.27 bits per heavy atom. The molecule has 2 aromatic heterocycles. The fourth-order valence-corrected chi connectivity index (χ4v) is 3.46. The van der Waals surface area contributed by atoms with Gasteiger partial charge in [0.25, 0.3) is 0 Å². The molecule has 1 unspecified atom stereocenters. The minimum atomic E-state index is -0.876. The molecule has 6 heteroatoms. The van der Waals surface area contributed by atoms with E-state index in [1.165, 1.54) is 0 Å². The van der Waals surface area contributed by atoms with Crippen LogP contribution in [0.4, 0.5) is 0 Å². The average Bonchev–Trinajstić information content (AvgIpc) is 3.09. The predicted octanol–water partition coefficient (Wildman–Crippen LogP) is 3.70. The van der Waals surface area contributed by atoms with Gasteiger partial charge in [-0.25, -0.2) is 0 Å². The highest BCUT2D eigenvalue weighted by atomic mass is 35.5. The van der Waals surface area contributed by atoms with E-state index >= 15 is 0 Å². The van der Waals surface area contributed by atoms with E-state index in [4.69, 9.17) is 11.6 Å². The monoisotopic (exact) mass is 341 g/mol. The topological polar surface area (TPSA) is 50.1 Å². The molecule has 22 heavy (non-hydrogen) atoms. The number of aryl methyl sites for hydroxylation is 2. The molecule has 2 rings (SSSR count). The summed E-state index contributed by atoms with van der Waals surface area (Å²) in [5.74, 6) is 0. The first kappa shape index (κ1) is 17.5. The van der Waals surface area contributed by atoms with Crippen molar-refractivity contribution >= 4 is 22.9 Å². The molecule has 0 amide bonds. The Hall–Kier alpha value is -0.880. The summed E-state index contributed by atoms with van der Waals surface area (Å²) in [4.78, 5) is 0. The zero-order valence-corrected chi connectivity index (χ0v) is 15.0. The van der Waals surface area contributed by atoms with E-state index < -0.39 is 5.60 Å². The highest BCUT2D eigenvalue weighted by molar-refractivity contribution is 7.08. The first-order valence-electron chi connectivity index (χ1n) is 7.63. The number of rotatable bonds is 8. The summed E-state index contributed by atoms with van der Waals surface area (Å²) in [6.07, 6.45) is 2.19. The second-order valence-electron chi connectivity index (χ2n) is 5.82. The van der Waals surface area contributed by atoms with Crippen molar-refractivity contribution in [3.63, 3.8) is 0 Å². The minimum absolute atomic E-state index is 0.472. The molecular weight excluding hydrogens is 318 g/mol. The normalized spacial score (nSPS) is 14.2. The Morgan fingerprint density at radius 1 is 1.50 bits per heavy atom. The van der Waals surface area contributed by atoms with E-state index in [9.17, 15) is 5.11 Å². The standard InChI is InChI=1S/C16H24ClN3OS/c1-4-5-7-20-15(17)14(12(2)19-20)9-18-11-16(3,21)13-6-8-22-10-13/h6,8,10,18,21H,4-5,7,9,11H2,1-3H3. The number of unbranched alkanes of at least 4 members (excludes halogenated alkanes) is 1. The van der Waals surface area contributed by atoms with Crippen LogP contribution in [0.15, 0.2) is 16.8 Å². The molecule has 0 bridgehead atoms. The smallest absolute Gasteiger partial charge is 0.131 e. The lowest BCUT2D eigenvalue weighted by molar-refractivity contribution is 0.0571. The van der Waals surface area contributed by atoms with E-state index in [1.54, 1.807) is 11.3 Å². The number of halogens is 1. The molecular formula is C16H24ClN3OS. The van der Waals surface area contributed by atoms with Crippen molar-refractivity contribution in [3.05, 3.63) is 38.8 Å². The number of hydrogen-bond acceptors (Lipinski definition) is 4. The SMILES string of the molecule is CCCCn1nc(C)c(CNCC(C)(O)c2ccsc2)c1Cl. The number of aromatic nitrogens is 2. The lowest BCUT2D eigenvalue weighted by Gasteiger charge is -2.23. The summed E-state index contributed by atoms with van der Waals surface area (Å²) in [7, 11) is 0. The Morgan fingerprint density at radius 3 is 2.91 bits per heavy atom. The minimum Gasteiger partial charge on any atom is -0.384 e. The van der Waals surface area contributed by atoms with Gasteiger partial charge in [-0.15, -0.1) is 0 Å². The van der Waals surface area contributed by atoms with E-state index in [0.717, 1.165) is 36.2 Å². The molecule has 2 N–H and O–H groups in total. The van der Waals surface area contributed by atoms with Crippen LogP contribution in [0.5, 0.6) is 0 Å². The molecule has 0 aliphatic heterocycles. The maximum atomic E-state index is 10.5. The van der Waals surface area contributed by atoms with E-state index in [-0.39, 0.29) is 0 Å². The number of nitrogens with one attached hydrogen (secondary N) is 1. The second-order valence-corrected chi connectivity index (χ2v) is 6.96. The molecule has 0 radical (unpaired) electrons. The van der Waals surface area contributed by atoms with Crippen LogP contribution in [-0.2, 0) is 18.7 Å². The fourth-order valence-electron chi connectivity index (χ4n) is 2.35. The molecule has 4 nitrogen and oxygen atoms in total. The molecule has 2 aromatic rings. The van der Waals surface area contributed by atoms with E-state index in [1.807, 2.05) is 35.4 Å². The van der Waals surface area contributed by atoms with Gasteiger partial charge in [-0.1, -0.05) is 24.9 Å². The second kappa shape index (κ2) is 7.59. The Labute approximate surface area is 141 Å². The van der Waals surface area contributed by atoms with Crippen molar-refractivity contribution in [2.75, 3.05) is 6.54 Å². The molecule has 0 spiro atoms. The van der Waals surface area contributed by atoms with Crippen LogP contribution in [0, 0.1) is 6.92 Å². The summed E-state index contributed by atoms with van der Waals surface area (Å²) in [5.41, 5.74) is 2.02. The highest BCUT2D eigenvalue weighted by Crippen LogP contribution is 2.23. The van der Waals surface area contributed by atoms with Crippen LogP contribution >= 0.6 is 22.9 Å². The van der Waals surface area contributed by atoms with Crippen LogP contribution in [0.25, 0.3) is 0 Å². The molecule has 0 aliphatic rings. The molecule has 2 heterocycles. The lowest BCUT2D eigenvalue weighted by Crippen LogP contribution is -2.34. The van der Waals surface area contributed by atoms with Crippen molar-refractivity contribution in [1.29, 1.82) is 0 Å². The third-order valence-corrected chi connectivity index (χ3v) is 4.93. The third-order valence-electron chi connectivity index (χ3n) is 3.82. The third kappa shape index (κ3) is 4.10. The summed E-state index contributed by atoms with van der Waals surface area (Å²) in [5, 5.41) is 22.9. The quantitative estimate of drug-likeness (QED) is 0.769. The van der Waals surface area contributed by atoms with E-state index in [2.05, 4.69) is 17.3 Å². The Balaban J connectivity index is 1.96. The number of aliphatic hydroxyl groups is 1. The summed E-state index contributed by atoms with van der Waals surface area (Å²) in [6, 6.07) is 1.95. The molecule has 0 saturated carbocycles. The summed E-state index contributed by atoms with van der Waals surface area (Å²) < 4.78 is 1.87. The largest absolute Gasteiger partial charge is 0.384 e. The zero-order valence-electron chi connectivity index (χ0n) is 13.4. The maximum Gasteiger partial charge on any atom is 0.131 e. The van der Waals surface area contributed by atoms with Gasteiger partial charge in [-0.2, -0.15) is 16.4 Å². The average molecular weight is 342 g/mol. The molecule has 0 aliphatic carbocycles. The molecule has 0 fully saturated rings. The highest BCUT2D eigenvalue weighted by Gasteiger charge is 2.23. The molecule has 122 valence electrons. The van der Waals surface area contributed by atoms with Crippen molar-refractivity contribution in [2.45, 2.75) is 52.3 Å². The van der Waals surface area contributed by atoms with Gasteiger partial charge >= 0.3 is 0 Å². The van der Waals surface area contributed by atoms with Gasteiger partial charge < -0.3 is 10.4 Å². The van der Waals surface area contributed by atoms with Crippen molar-refractivity contribution in [3.8, 4) is 0 Å². The van der Waals surface area contributed by atoms with Gasteiger partial charge in [0.15, 0.2) is 0 Å². The van der Waals surface area contributed by atoms with Crippen LogP contribution in [-0.4, -0.2) is 21.4 Å². The van der Waals surface area contributed by atoms with Crippen LogP contribution in [0.2, 0.25) is 5.15 Å². The van der Waals surface area contributed by atoms with Gasteiger partial charge in [0.2, 0.25) is 0 Å². The fraction of sp³-hybridized carbons (Fsp3) is 0.562. The first-order chi connectivity index (χ1) is 10.5. The summed E-state index contributed by atoms with van der Waals surface area (Å²) >= 11 is 8.00. The van der Waals surface area contributed by atoms with Crippen molar-refractivity contribution in [1.82, 2.24) is 15.1 Å². The molecule has 1 atom stereocenters. The van der Waals surface area contributed by atoms with Gasteiger partial charge in [0, 0.05) is 25.2 Å². The van der Waals surface area contributed by atoms with Crippen molar-refractivity contribution < 1.29 is 5.11 Å². The van der Waals surface area contributed by atoms with Gasteiger partial charge in [0.05, 0.1) is 11.3 Å². The first-order valence-corrected chi connectivity index (χ1v) is 8.95. The van der Waals surface area contributed by atoms with Crippen LogP contribution < -0.4 is 5.32 Å². The summed E-state index contributed by atoms with van der Waals surface area (Å²) in [6.45, 7) is 7.88. The number of nitrogens with zero attached hydrogens (tertiary/aromatic N) is 2. The Kier molecular flexibility index (Phi) is 6.03. The number of thiophene rings is 1. The van der Waals surface area contributed by atoms with Gasteiger partial charge in [-0.3, -0.25) is 4.68 Å². The van der Waals surface area contributed by atoms with Gasteiger partial charge in [-0.05, 0) is 42.7 Å². The Bertz CT molecular complexity index is 593. The predicted molar refractivity (Wildman–Crippen MR) is 92.5 cm³/mol. The lowest BCUT2D eigenvalue weighted by atomic mass is 9.99. The van der Waals surface area contributed by atoms with E-state index in [0.29, 0.717) is 18.2 Å². The molecule has 0 aromatic carbocycles.